The van der Waals surface area contributed by atoms with Crippen molar-refractivity contribution < 1.29 is 4.74 Å². The Morgan fingerprint density at radius 2 is 1.89 bits per heavy atom. The Morgan fingerprint density at radius 1 is 1.21 bits per heavy atom. The van der Waals surface area contributed by atoms with Gasteiger partial charge in [-0.15, -0.1) is 0 Å². The molecule has 1 aromatic rings. The van der Waals surface area contributed by atoms with Gasteiger partial charge in [0.1, 0.15) is 11.6 Å². The van der Waals surface area contributed by atoms with E-state index in [0.29, 0.717) is 17.6 Å². The van der Waals surface area contributed by atoms with Crippen LogP contribution in [0.2, 0.25) is 0 Å². The van der Waals surface area contributed by atoms with Gasteiger partial charge in [0.15, 0.2) is 0 Å². The van der Waals surface area contributed by atoms with Crippen LogP contribution in [0.3, 0.4) is 0 Å². The molecule has 0 unspecified atom stereocenters. The van der Waals surface area contributed by atoms with Crippen LogP contribution in [-0.4, -0.2) is 16.6 Å². The molecule has 4 nitrogen and oxygen atoms in total. The van der Waals surface area contributed by atoms with E-state index >= 15 is 0 Å². The summed E-state index contributed by atoms with van der Waals surface area (Å²) >= 11 is 0. The molecule has 1 fully saturated rings. The third-order valence-electron chi connectivity index (χ3n) is 3.85. The van der Waals surface area contributed by atoms with Gasteiger partial charge in [-0.25, -0.2) is 4.98 Å². The second-order valence-electron chi connectivity index (χ2n) is 5.87. The Morgan fingerprint density at radius 3 is 2.53 bits per heavy atom. The highest BCUT2D eigenvalue weighted by molar-refractivity contribution is 5.44. The third-order valence-corrected chi connectivity index (χ3v) is 3.85. The number of rotatable bonds is 4. The van der Waals surface area contributed by atoms with Crippen LogP contribution in [0.1, 0.15) is 63.3 Å². The van der Waals surface area contributed by atoms with Crippen LogP contribution in [0.4, 0.5) is 5.82 Å². The highest BCUT2D eigenvalue weighted by Crippen LogP contribution is 2.27. The minimum absolute atomic E-state index is 0.264. The van der Waals surface area contributed by atoms with Crippen LogP contribution in [0, 0.1) is 12.8 Å². The normalized spacial score (nSPS) is 16.8. The minimum atomic E-state index is 0.264. The lowest BCUT2D eigenvalue weighted by Crippen LogP contribution is -2.17. The zero-order chi connectivity index (χ0) is 13.8. The molecule has 1 saturated carbocycles. The van der Waals surface area contributed by atoms with E-state index in [1.807, 2.05) is 6.92 Å². The summed E-state index contributed by atoms with van der Waals surface area (Å²) in [5.41, 5.74) is 6.80. The largest absolute Gasteiger partial charge is 0.477 e. The van der Waals surface area contributed by atoms with E-state index in [9.17, 15) is 0 Å². The lowest BCUT2D eigenvalue weighted by molar-refractivity contribution is 0.201. The van der Waals surface area contributed by atoms with Crippen LogP contribution >= 0.6 is 0 Å². The molecule has 106 valence electrons. The zero-order valence-corrected chi connectivity index (χ0v) is 12.3. The standard InChI is InChI=1S/C15H25N3O/c1-10(2)14-17-13(16)11(3)15(18-14)19-9-12-7-5-4-6-8-12/h10,12H,4-9H2,1-3H3,(H2,16,17,18). The molecule has 1 heterocycles. The lowest BCUT2D eigenvalue weighted by atomic mass is 9.90. The van der Waals surface area contributed by atoms with Gasteiger partial charge in [-0.05, 0) is 25.7 Å². The molecule has 0 aliphatic heterocycles. The molecular weight excluding hydrogens is 238 g/mol. The van der Waals surface area contributed by atoms with Crippen molar-refractivity contribution in [2.24, 2.45) is 5.92 Å². The smallest absolute Gasteiger partial charge is 0.221 e. The van der Waals surface area contributed by atoms with Gasteiger partial charge < -0.3 is 10.5 Å². The number of hydrogen-bond donors (Lipinski definition) is 1. The van der Waals surface area contributed by atoms with Crippen LogP contribution in [0.25, 0.3) is 0 Å². The van der Waals surface area contributed by atoms with Crippen LogP contribution in [-0.2, 0) is 0 Å². The van der Waals surface area contributed by atoms with Crippen molar-refractivity contribution in [3.8, 4) is 5.88 Å². The van der Waals surface area contributed by atoms with E-state index in [4.69, 9.17) is 10.5 Å². The first-order chi connectivity index (χ1) is 9.08. The fraction of sp³-hybridized carbons (Fsp3) is 0.733. The van der Waals surface area contributed by atoms with E-state index in [0.717, 1.165) is 18.0 Å². The molecule has 0 amide bonds. The summed E-state index contributed by atoms with van der Waals surface area (Å²) in [6.45, 7) is 6.81. The van der Waals surface area contributed by atoms with Gasteiger partial charge in [0.05, 0.1) is 12.2 Å². The number of ether oxygens (including phenoxy) is 1. The molecule has 19 heavy (non-hydrogen) atoms. The van der Waals surface area contributed by atoms with Crippen LogP contribution in [0.15, 0.2) is 0 Å². The molecule has 0 bridgehead atoms. The van der Waals surface area contributed by atoms with Gasteiger partial charge in [-0.2, -0.15) is 4.98 Å². The Balaban J connectivity index is 2.05. The molecule has 4 heteroatoms. The van der Waals surface area contributed by atoms with Crippen molar-refractivity contribution in [3.05, 3.63) is 11.4 Å². The summed E-state index contributed by atoms with van der Waals surface area (Å²) in [5, 5.41) is 0. The average molecular weight is 263 g/mol. The Hall–Kier alpha value is -1.32. The van der Waals surface area contributed by atoms with Gasteiger partial charge in [0.2, 0.25) is 5.88 Å². The number of aromatic nitrogens is 2. The Bertz CT molecular complexity index is 426. The topological polar surface area (TPSA) is 61.0 Å². The molecule has 0 atom stereocenters. The van der Waals surface area contributed by atoms with E-state index in [1.165, 1.54) is 32.1 Å². The fourth-order valence-corrected chi connectivity index (χ4v) is 2.48. The molecule has 0 saturated heterocycles. The number of anilines is 1. The predicted octanol–water partition coefficient (Wildman–Crippen LogP) is 3.45. The van der Waals surface area contributed by atoms with Crippen LogP contribution in [0.5, 0.6) is 5.88 Å². The number of nitrogens with zero attached hydrogens (tertiary/aromatic N) is 2. The first kappa shape index (κ1) is 14.1. The molecule has 1 aromatic heterocycles. The molecule has 0 aromatic carbocycles. The second kappa shape index (κ2) is 6.22. The lowest BCUT2D eigenvalue weighted by Gasteiger charge is -2.22. The molecule has 2 rings (SSSR count). The summed E-state index contributed by atoms with van der Waals surface area (Å²) in [4.78, 5) is 8.82. The van der Waals surface area contributed by atoms with Crippen molar-refractivity contribution in [1.29, 1.82) is 0 Å². The summed E-state index contributed by atoms with van der Waals surface area (Å²) in [6.07, 6.45) is 6.58. The van der Waals surface area contributed by atoms with Crippen LogP contribution < -0.4 is 10.5 Å². The molecular formula is C15H25N3O. The predicted molar refractivity (Wildman–Crippen MR) is 77.3 cm³/mol. The van der Waals surface area contributed by atoms with E-state index < -0.39 is 0 Å². The molecule has 0 radical (unpaired) electrons. The second-order valence-corrected chi connectivity index (χ2v) is 5.87. The van der Waals surface area contributed by atoms with Crippen molar-refractivity contribution in [2.75, 3.05) is 12.3 Å². The molecule has 2 N–H and O–H groups in total. The first-order valence-electron chi connectivity index (χ1n) is 7.34. The summed E-state index contributed by atoms with van der Waals surface area (Å²) < 4.78 is 5.92. The van der Waals surface area contributed by atoms with Crippen molar-refractivity contribution >= 4 is 5.82 Å². The number of hydrogen-bond acceptors (Lipinski definition) is 4. The number of nitrogen functional groups attached to an aromatic ring is 1. The third kappa shape index (κ3) is 3.58. The molecule has 1 aliphatic rings. The maximum Gasteiger partial charge on any atom is 0.221 e. The monoisotopic (exact) mass is 263 g/mol. The fourth-order valence-electron chi connectivity index (χ4n) is 2.48. The van der Waals surface area contributed by atoms with E-state index in [1.54, 1.807) is 0 Å². The van der Waals surface area contributed by atoms with Crippen molar-refractivity contribution in [3.63, 3.8) is 0 Å². The first-order valence-corrected chi connectivity index (χ1v) is 7.34. The van der Waals surface area contributed by atoms with Gasteiger partial charge in [0, 0.05) is 5.92 Å². The zero-order valence-electron chi connectivity index (χ0n) is 12.3. The Labute approximate surface area is 115 Å². The summed E-state index contributed by atoms with van der Waals surface area (Å²) in [5.74, 6) is 2.91. The van der Waals surface area contributed by atoms with Gasteiger partial charge in [-0.3, -0.25) is 0 Å². The number of nitrogens with two attached hydrogens (primary N) is 1. The summed E-state index contributed by atoms with van der Waals surface area (Å²) in [6, 6.07) is 0. The van der Waals surface area contributed by atoms with Gasteiger partial charge in [-0.1, -0.05) is 33.1 Å². The summed E-state index contributed by atoms with van der Waals surface area (Å²) in [7, 11) is 0. The van der Waals surface area contributed by atoms with Crippen molar-refractivity contribution in [1.82, 2.24) is 9.97 Å². The molecule has 1 aliphatic carbocycles. The van der Waals surface area contributed by atoms with Gasteiger partial charge >= 0.3 is 0 Å². The van der Waals surface area contributed by atoms with E-state index in [-0.39, 0.29) is 5.92 Å². The minimum Gasteiger partial charge on any atom is -0.477 e. The van der Waals surface area contributed by atoms with Crippen molar-refractivity contribution in [2.45, 2.75) is 58.8 Å². The quantitative estimate of drug-likeness (QED) is 0.903. The highest BCUT2D eigenvalue weighted by atomic mass is 16.5. The van der Waals surface area contributed by atoms with Gasteiger partial charge in [0.25, 0.3) is 0 Å². The maximum atomic E-state index is 5.94. The Kier molecular flexibility index (Phi) is 4.61. The highest BCUT2D eigenvalue weighted by Gasteiger charge is 2.17. The maximum absolute atomic E-state index is 5.94. The average Bonchev–Trinajstić information content (AvgIpc) is 2.41. The van der Waals surface area contributed by atoms with E-state index in [2.05, 4.69) is 23.8 Å². The molecule has 0 spiro atoms. The SMILES string of the molecule is Cc1c(N)nc(C(C)C)nc1OCC1CCCCC1.